The highest BCUT2D eigenvalue weighted by Gasteiger charge is 2.06. The SMILES string of the molecule is CN=C(NCCCCn1ccnc1C)N(C)CCc1cccs1. The molecule has 0 unspecified atom stereocenters. The Morgan fingerprint density at radius 1 is 1.43 bits per heavy atom. The molecule has 2 rings (SSSR count). The maximum absolute atomic E-state index is 4.37. The van der Waals surface area contributed by atoms with Gasteiger partial charge in [0.05, 0.1) is 0 Å². The summed E-state index contributed by atoms with van der Waals surface area (Å²) in [4.78, 5) is 12.2. The predicted molar refractivity (Wildman–Crippen MR) is 98.2 cm³/mol. The van der Waals surface area contributed by atoms with Crippen LogP contribution in [-0.2, 0) is 13.0 Å². The third-order valence-corrected chi connectivity index (χ3v) is 4.82. The van der Waals surface area contributed by atoms with Crippen LogP contribution in [0.15, 0.2) is 34.9 Å². The fourth-order valence-electron chi connectivity index (χ4n) is 2.47. The van der Waals surface area contributed by atoms with Gasteiger partial charge < -0.3 is 14.8 Å². The molecule has 0 saturated carbocycles. The van der Waals surface area contributed by atoms with Crippen molar-refractivity contribution in [2.75, 3.05) is 27.2 Å². The summed E-state index contributed by atoms with van der Waals surface area (Å²) in [5, 5.41) is 5.58. The molecule has 0 radical (unpaired) electrons. The minimum Gasteiger partial charge on any atom is -0.356 e. The second-order valence-corrected chi connectivity index (χ2v) is 6.63. The number of aromatic nitrogens is 2. The number of aliphatic imine (C=N–C) groups is 1. The van der Waals surface area contributed by atoms with Crippen LogP contribution in [0.25, 0.3) is 0 Å². The summed E-state index contributed by atoms with van der Waals surface area (Å²) in [6, 6.07) is 4.29. The number of hydrogen-bond donors (Lipinski definition) is 1. The summed E-state index contributed by atoms with van der Waals surface area (Å²) < 4.78 is 2.20. The first-order chi connectivity index (χ1) is 11.2. The van der Waals surface area contributed by atoms with Crippen molar-refractivity contribution < 1.29 is 0 Å². The number of hydrogen-bond acceptors (Lipinski definition) is 3. The molecule has 23 heavy (non-hydrogen) atoms. The van der Waals surface area contributed by atoms with Gasteiger partial charge in [0, 0.05) is 51.0 Å². The summed E-state index contributed by atoms with van der Waals surface area (Å²) in [6.07, 6.45) is 7.22. The lowest BCUT2D eigenvalue weighted by Gasteiger charge is -2.21. The molecule has 2 aromatic heterocycles. The Balaban J connectivity index is 1.63. The van der Waals surface area contributed by atoms with Crippen LogP contribution < -0.4 is 5.32 Å². The normalized spacial score (nSPS) is 11.7. The van der Waals surface area contributed by atoms with E-state index in [4.69, 9.17) is 0 Å². The molecular formula is C17H27N5S. The van der Waals surface area contributed by atoms with Gasteiger partial charge in [0.25, 0.3) is 0 Å². The number of thiophene rings is 1. The average Bonchev–Trinajstić information content (AvgIpc) is 3.20. The fourth-order valence-corrected chi connectivity index (χ4v) is 3.17. The molecule has 126 valence electrons. The quantitative estimate of drug-likeness (QED) is 0.459. The van der Waals surface area contributed by atoms with E-state index in [0.29, 0.717) is 0 Å². The van der Waals surface area contributed by atoms with Crippen LogP contribution in [0.5, 0.6) is 0 Å². The molecule has 1 N–H and O–H groups in total. The molecule has 0 atom stereocenters. The van der Waals surface area contributed by atoms with Gasteiger partial charge in [-0.05, 0) is 37.6 Å². The van der Waals surface area contributed by atoms with Crippen LogP contribution in [0.3, 0.4) is 0 Å². The fraction of sp³-hybridized carbons (Fsp3) is 0.529. The zero-order chi connectivity index (χ0) is 16.5. The first-order valence-corrected chi connectivity index (χ1v) is 9.00. The smallest absolute Gasteiger partial charge is 0.193 e. The third-order valence-electron chi connectivity index (χ3n) is 3.88. The van der Waals surface area contributed by atoms with Gasteiger partial charge in [-0.3, -0.25) is 4.99 Å². The zero-order valence-corrected chi connectivity index (χ0v) is 15.1. The highest BCUT2D eigenvalue weighted by molar-refractivity contribution is 7.09. The van der Waals surface area contributed by atoms with Crippen molar-refractivity contribution in [1.82, 2.24) is 19.8 Å². The Bertz CT molecular complexity index is 588. The summed E-state index contributed by atoms with van der Waals surface area (Å²) in [5.74, 6) is 2.06. The van der Waals surface area contributed by atoms with E-state index >= 15 is 0 Å². The lowest BCUT2D eigenvalue weighted by atomic mass is 10.3. The molecule has 5 nitrogen and oxygen atoms in total. The summed E-state index contributed by atoms with van der Waals surface area (Å²) >= 11 is 1.81. The van der Waals surface area contributed by atoms with Gasteiger partial charge in [-0.25, -0.2) is 4.98 Å². The Labute approximate surface area is 143 Å². The van der Waals surface area contributed by atoms with E-state index in [2.05, 4.69) is 49.3 Å². The van der Waals surface area contributed by atoms with Crippen LogP contribution >= 0.6 is 11.3 Å². The van der Waals surface area contributed by atoms with E-state index in [-0.39, 0.29) is 0 Å². The number of likely N-dealkylation sites (N-methyl/N-ethyl adjacent to an activating group) is 1. The Morgan fingerprint density at radius 3 is 2.96 bits per heavy atom. The number of unbranched alkanes of at least 4 members (excludes halogenated alkanes) is 1. The van der Waals surface area contributed by atoms with Crippen molar-refractivity contribution >= 4 is 17.3 Å². The first-order valence-electron chi connectivity index (χ1n) is 8.12. The van der Waals surface area contributed by atoms with Gasteiger partial charge >= 0.3 is 0 Å². The molecule has 0 aliphatic rings. The molecule has 0 bridgehead atoms. The Kier molecular flexibility index (Phi) is 7.13. The van der Waals surface area contributed by atoms with Crippen LogP contribution in [0, 0.1) is 6.92 Å². The first kappa shape index (κ1) is 17.5. The van der Waals surface area contributed by atoms with Crippen LogP contribution in [0.4, 0.5) is 0 Å². The zero-order valence-electron chi connectivity index (χ0n) is 14.3. The van der Waals surface area contributed by atoms with Crippen molar-refractivity contribution in [2.24, 2.45) is 4.99 Å². The van der Waals surface area contributed by atoms with E-state index in [1.54, 1.807) is 0 Å². The van der Waals surface area contributed by atoms with Crippen LogP contribution in [0.1, 0.15) is 23.5 Å². The van der Waals surface area contributed by atoms with Gasteiger partial charge in [-0.1, -0.05) is 6.07 Å². The second-order valence-electron chi connectivity index (χ2n) is 5.60. The van der Waals surface area contributed by atoms with Gasteiger partial charge in [-0.15, -0.1) is 11.3 Å². The molecule has 6 heteroatoms. The maximum atomic E-state index is 4.37. The molecule has 2 heterocycles. The number of nitrogens with one attached hydrogen (secondary N) is 1. The summed E-state index contributed by atoms with van der Waals surface area (Å²) in [5.41, 5.74) is 0. The molecule has 0 saturated heterocycles. The Hall–Kier alpha value is -1.82. The molecule has 0 fully saturated rings. The van der Waals surface area contributed by atoms with Gasteiger partial charge in [0.1, 0.15) is 5.82 Å². The molecule has 2 aromatic rings. The minimum atomic E-state index is 0.948. The number of rotatable bonds is 8. The number of nitrogens with zero attached hydrogens (tertiary/aromatic N) is 4. The minimum absolute atomic E-state index is 0.948. The maximum Gasteiger partial charge on any atom is 0.193 e. The molecule has 0 spiro atoms. The highest BCUT2D eigenvalue weighted by Crippen LogP contribution is 2.09. The number of guanidine groups is 1. The second kappa shape index (κ2) is 9.35. The lowest BCUT2D eigenvalue weighted by molar-refractivity contribution is 0.482. The van der Waals surface area contributed by atoms with E-state index < -0.39 is 0 Å². The van der Waals surface area contributed by atoms with E-state index in [9.17, 15) is 0 Å². The van der Waals surface area contributed by atoms with Crippen LogP contribution in [0.2, 0.25) is 0 Å². The largest absolute Gasteiger partial charge is 0.356 e. The van der Waals surface area contributed by atoms with E-state index in [1.807, 2.05) is 37.7 Å². The molecule has 0 amide bonds. The average molecular weight is 334 g/mol. The third kappa shape index (κ3) is 5.71. The van der Waals surface area contributed by atoms with Crippen molar-refractivity contribution in [3.05, 3.63) is 40.6 Å². The van der Waals surface area contributed by atoms with Crippen molar-refractivity contribution in [2.45, 2.75) is 32.7 Å². The van der Waals surface area contributed by atoms with Crippen molar-refractivity contribution in [1.29, 1.82) is 0 Å². The van der Waals surface area contributed by atoms with E-state index in [1.165, 1.54) is 4.88 Å². The standard InChI is InChI=1S/C17H27N5S/c1-15-19-10-13-22(15)11-5-4-9-20-17(18-2)21(3)12-8-16-7-6-14-23-16/h6-7,10,13-14H,4-5,8-9,11-12H2,1-3H3,(H,18,20). The number of aryl methyl sites for hydroxylation is 2. The number of imidazole rings is 1. The predicted octanol–water partition coefficient (Wildman–Crippen LogP) is 2.78. The summed E-state index contributed by atoms with van der Waals surface area (Å²) in [7, 11) is 3.94. The van der Waals surface area contributed by atoms with Gasteiger partial charge in [0.2, 0.25) is 0 Å². The van der Waals surface area contributed by atoms with Crippen molar-refractivity contribution in [3.8, 4) is 0 Å². The molecular weight excluding hydrogens is 306 g/mol. The highest BCUT2D eigenvalue weighted by atomic mass is 32.1. The van der Waals surface area contributed by atoms with Gasteiger partial charge in [-0.2, -0.15) is 0 Å². The lowest BCUT2D eigenvalue weighted by Crippen LogP contribution is -2.40. The summed E-state index contributed by atoms with van der Waals surface area (Å²) in [6.45, 7) is 5.00. The van der Waals surface area contributed by atoms with Crippen molar-refractivity contribution in [3.63, 3.8) is 0 Å². The van der Waals surface area contributed by atoms with Crippen LogP contribution in [-0.4, -0.2) is 47.6 Å². The van der Waals surface area contributed by atoms with Gasteiger partial charge in [0.15, 0.2) is 5.96 Å². The molecule has 0 aliphatic carbocycles. The Morgan fingerprint density at radius 2 is 2.30 bits per heavy atom. The van der Waals surface area contributed by atoms with E-state index in [0.717, 1.165) is 50.7 Å². The molecule has 0 aliphatic heterocycles. The molecule has 0 aromatic carbocycles. The topological polar surface area (TPSA) is 45.5 Å². The monoisotopic (exact) mass is 333 g/mol.